The second-order valence-corrected chi connectivity index (χ2v) is 5.22. The van der Waals surface area contributed by atoms with Crippen LogP contribution in [-0.2, 0) is 9.59 Å². The Hall–Kier alpha value is -2.35. The van der Waals surface area contributed by atoms with Gasteiger partial charge in [-0.15, -0.1) is 0 Å². The van der Waals surface area contributed by atoms with Gasteiger partial charge in [-0.1, -0.05) is 13.8 Å². The monoisotopic (exact) mass is 327 g/mol. The summed E-state index contributed by atoms with van der Waals surface area (Å²) < 4.78 is 23.9. The lowest BCUT2D eigenvalue weighted by Gasteiger charge is -2.15. The van der Waals surface area contributed by atoms with E-state index in [4.69, 9.17) is 15.2 Å². The Bertz CT molecular complexity index is 578. The Morgan fingerprint density at radius 2 is 1.78 bits per heavy atom. The number of nitrogens with two attached hydrogens (primary N) is 1. The summed E-state index contributed by atoms with van der Waals surface area (Å²) in [5, 5.41) is 4.75. The molecule has 0 heterocycles. The Morgan fingerprint density at radius 3 is 2.30 bits per heavy atom. The van der Waals surface area contributed by atoms with Crippen molar-refractivity contribution < 1.29 is 23.5 Å². The van der Waals surface area contributed by atoms with Crippen LogP contribution in [0.4, 0.5) is 10.1 Å². The lowest BCUT2D eigenvalue weighted by atomic mass is 10.1. The first-order valence-corrected chi connectivity index (χ1v) is 7.04. The highest BCUT2D eigenvalue weighted by Crippen LogP contribution is 2.32. The van der Waals surface area contributed by atoms with Gasteiger partial charge >= 0.3 is 0 Å². The van der Waals surface area contributed by atoms with E-state index in [-0.39, 0.29) is 29.6 Å². The molecule has 1 aromatic rings. The summed E-state index contributed by atoms with van der Waals surface area (Å²) in [6.07, 6.45) is 0. The molecule has 1 aromatic carbocycles. The molecule has 0 saturated heterocycles. The molecule has 128 valence electrons. The average Bonchev–Trinajstić information content (AvgIpc) is 2.53. The molecule has 0 bridgehead atoms. The standard InChI is InChI=1S/C15H22FN3O4/c1-8(2)14(17)15(21)18-7-13(20)19-10-6-12(23-4)11(22-3)5-9(10)16/h5-6,8,14H,7,17H2,1-4H3,(H,18,21)(H,19,20)/t14-/m0/s1. The number of carbonyl (C=O) groups excluding carboxylic acids is 2. The van der Waals surface area contributed by atoms with Crippen LogP contribution in [-0.4, -0.2) is 38.6 Å². The molecule has 23 heavy (non-hydrogen) atoms. The van der Waals surface area contributed by atoms with Crippen LogP contribution >= 0.6 is 0 Å². The summed E-state index contributed by atoms with van der Waals surface area (Å²) in [6.45, 7) is 3.28. The number of benzene rings is 1. The van der Waals surface area contributed by atoms with Gasteiger partial charge in [0.25, 0.3) is 0 Å². The quantitative estimate of drug-likeness (QED) is 0.690. The van der Waals surface area contributed by atoms with Crippen LogP contribution in [0, 0.1) is 11.7 Å². The van der Waals surface area contributed by atoms with Crippen molar-refractivity contribution in [2.24, 2.45) is 11.7 Å². The molecular formula is C15H22FN3O4. The molecule has 1 rings (SSSR count). The van der Waals surface area contributed by atoms with Crippen LogP contribution in [0.3, 0.4) is 0 Å². The first-order chi connectivity index (χ1) is 10.8. The van der Waals surface area contributed by atoms with Crippen molar-refractivity contribution in [1.82, 2.24) is 5.32 Å². The van der Waals surface area contributed by atoms with Crippen molar-refractivity contribution in [2.75, 3.05) is 26.1 Å². The summed E-state index contributed by atoms with van der Waals surface area (Å²) in [6, 6.07) is 1.69. The molecule has 1 atom stereocenters. The number of methoxy groups -OCH3 is 2. The normalized spacial score (nSPS) is 11.8. The molecule has 4 N–H and O–H groups in total. The van der Waals surface area contributed by atoms with Gasteiger partial charge in [0.05, 0.1) is 32.5 Å². The predicted molar refractivity (Wildman–Crippen MR) is 84.0 cm³/mol. The second-order valence-electron chi connectivity index (χ2n) is 5.22. The third-order valence-corrected chi connectivity index (χ3v) is 3.19. The summed E-state index contributed by atoms with van der Waals surface area (Å²) in [5.74, 6) is -1.28. The summed E-state index contributed by atoms with van der Waals surface area (Å²) in [7, 11) is 2.78. The van der Waals surface area contributed by atoms with E-state index in [1.807, 2.05) is 0 Å². The van der Waals surface area contributed by atoms with E-state index in [0.717, 1.165) is 6.07 Å². The van der Waals surface area contributed by atoms with E-state index in [9.17, 15) is 14.0 Å². The van der Waals surface area contributed by atoms with Gasteiger partial charge in [0.2, 0.25) is 11.8 Å². The number of hydrogen-bond donors (Lipinski definition) is 3. The highest BCUT2D eigenvalue weighted by atomic mass is 19.1. The highest BCUT2D eigenvalue weighted by Gasteiger charge is 2.18. The van der Waals surface area contributed by atoms with Gasteiger partial charge in [0.1, 0.15) is 0 Å². The minimum Gasteiger partial charge on any atom is -0.493 e. The van der Waals surface area contributed by atoms with Crippen molar-refractivity contribution in [3.8, 4) is 11.5 Å². The van der Waals surface area contributed by atoms with Crippen LogP contribution < -0.4 is 25.8 Å². The Morgan fingerprint density at radius 1 is 1.22 bits per heavy atom. The van der Waals surface area contributed by atoms with Crippen molar-refractivity contribution in [2.45, 2.75) is 19.9 Å². The van der Waals surface area contributed by atoms with Crippen molar-refractivity contribution >= 4 is 17.5 Å². The molecule has 0 radical (unpaired) electrons. The first kappa shape index (κ1) is 18.7. The van der Waals surface area contributed by atoms with Crippen molar-refractivity contribution in [1.29, 1.82) is 0 Å². The first-order valence-electron chi connectivity index (χ1n) is 7.04. The van der Waals surface area contributed by atoms with Crippen LogP contribution in [0.25, 0.3) is 0 Å². The van der Waals surface area contributed by atoms with Gasteiger partial charge in [-0.25, -0.2) is 4.39 Å². The van der Waals surface area contributed by atoms with Gasteiger partial charge in [0, 0.05) is 12.1 Å². The number of carbonyl (C=O) groups is 2. The summed E-state index contributed by atoms with van der Waals surface area (Å²) in [5.41, 5.74) is 5.58. The summed E-state index contributed by atoms with van der Waals surface area (Å²) >= 11 is 0. The van der Waals surface area contributed by atoms with Crippen molar-refractivity contribution in [3.05, 3.63) is 17.9 Å². The van der Waals surface area contributed by atoms with Crippen molar-refractivity contribution in [3.63, 3.8) is 0 Å². The maximum atomic E-state index is 13.9. The lowest BCUT2D eigenvalue weighted by molar-refractivity contribution is -0.125. The zero-order chi connectivity index (χ0) is 17.6. The zero-order valence-corrected chi connectivity index (χ0v) is 13.6. The molecule has 2 amide bonds. The number of halogens is 1. The van der Waals surface area contributed by atoms with Crippen LogP contribution in [0.1, 0.15) is 13.8 Å². The molecule has 0 aromatic heterocycles. The van der Waals surface area contributed by atoms with Crippen LogP contribution in [0.2, 0.25) is 0 Å². The molecule has 0 aliphatic rings. The topological polar surface area (TPSA) is 103 Å². The minimum atomic E-state index is -0.708. The molecular weight excluding hydrogens is 305 g/mol. The van der Waals surface area contributed by atoms with Gasteiger partial charge in [-0.2, -0.15) is 0 Å². The second kappa shape index (κ2) is 8.33. The van der Waals surface area contributed by atoms with E-state index in [1.54, 1.807) is 13.8 Å². The Balaban J connectivity index is 2.69. The zero-order valence-electron chi connectivity index (χ0n) is 13.6. The number of amides is 2. The number of ether oxygens (including phenoxy) is 2. The van der Waals surface area contributed by atoms with E-state index in [1.165, 1.54) is 20.3 Å². The largest absolute Gasteiger partial charge is 0.493 e. The van der Waals surface area contributed by atoms with Gasteiger partial charge in [-0.3, -0.25) is 9.59 Å². The van der Waals surface area contributed by atoms with E-state index < -0.39 is 23.7 Å². The SMILES string of the molecule is COc1cc(F)c(NC(=O)CNC(=O)[C@@H](N)C(C)C)cc1OC. The number of nitrogens with one attached hydrogen (secondary N) is 2. The van der Waals surface area contributed by atoms with Gasteiger partial charge < -0.3 is 25.8 Å². The van der Waals surface area contributed by atoms with Crippen LogP contribution in [0.15, 0.2) is 12.1 Å². The molecule has 0 saturated carbocycles. The Labute approximate surface area is 134 Å². The third kappa shape index (κ3) is 5.10. The van der Waals surface area contributed by atoms with Gasteiger partial charge in [-0.05, 0) is 5.92 Å². The number of rotatable bonds is 7. The fraction of sp³-hybridized carbons (Fsp3) is 0.467. The average molecular weight is 327 g/mol. The van der Waals surface area contributed by atoms with E-state index >= 15 is 0 Å². The molecule has 8 heteroatoms. The maximum absolute atomic E-state index is 13.9. The number of anilines is 1. The molecule has 0 unspecified atom stereocenters. The molecule has 0 aliphatic carbocycles. The molecule has 0 fully saturated rings. The smallest absolute Gasteiger partial charge is 0.243 e. The summed E-state index contributed by atoms with van der Waals surface area (Å²) in [4.78, 5) is 23.5. The van der Waals surface area contributed by atoms with E-state index in [2.05, 4.69) is 10.6 Å². The predicted octanol–water partition coefficient (Wildman–Crippen LogP) is 0.881. The fourth-order valence-electron chi connectivity index (χ4n) is 1.73. The minimum absolute atomic E-state index is 0.0543. The molecule has 7 nitrogen and oxygen atoms in total. The lowest BCUT2D eigenvalue weighted by Crippen LogP contribution is -2.46. The molecule has 0 aliphatic heterocycles. The van der Waals surface area contributed by atoms with Gasteiger partial charge in [0.15, 0.2) is 17.3 Å². The molecule has 0 spiro atoms. The Kier molecular flexibility index (Phi) is 6.77. The maximum Gasteiger partial charge on any atom is 0.243 e. The van der Waals surface area contributed by atoms with Crippen LogP contribution in [0.5, 0.6) is 11.5 Å². The number of hydrogen-bond acceptors (Lipinski definition) is 5. The fourth-order valence-corrected chi connectivity index (χ4v) is 1.73. The third-order valence-electron chi connectivity index (χ3n) is 3.19. The highest BCUT2D eigenvalue weighted by molar-refractivity contribution is 5.95. The van der Waals surface area contributed by atoms with E-state index in [0.29, 0.717) is 0 Å².